The predicted octanol–water partition coefficient (Wildman–Crippen LogP) is 3.98. The minimum absolute atomic E-state index is 0.252. The van der Waals surface area contributed by atoms with Crippen LogP contribution in [0.3, 0.4) is 0 Å². The first kappa shape index (κ1) is 18.9. The van der Waals surface area contributed by atoms with E-state index in [-0.39, 0.29) is 6.42 Å². The summed E-state index contributed by atoms with van der Waals surface area (Å²) < 4.78 is 0. The molecule has 0 aromatic rings. The molecule has 0 atom stereocenters. The van der Waals surface area contributed by atoms with Crippen LogP contribution in [0.2, 0.25) is 0 Å². The Morgan fingerprint density at radius 2 is 1.41 bits per heavy atom. The third-order valence-electron chi connectivity index (χ3n) is 3.65. The van der Waals surface area contributed by atoms with E-state index in [2.05, 4.69) is 23.6 Å². The van der Waals surface area contributed by atoms with E-state index in [1.807, 2.05) is 0 Å². The minimum atomic E-state index is -1.35. The van der Waals surface area contributed by atoms with Gasteiger partial charge in [0.1, 0.15) is 0 Å². The third-order valence-corrected chi connectivity index (χ3v) is 3.65. The lowest BCUT2D eigenvalue weighted by Gasteiger charge is -2.06. The highest BCUT2D eigenvalue weighted by atomic mass is 17.4. The fourth-order valence-corrected chi connectivity index (χ4v) is 2.15. The topological polar surface area (TPSA) is 77.7 Å². The van der Waals surface area contributed by atoms with Crippen molar-refractivity contribution in [3.8, 4) is 0 Å². The van der Waals surface area contributed by atoms with Gasteiger partial charge in [-0.1, -0.05) is 58.8 Å². The molecule has 1 aliphatic rings. The number of rotatable bonds is 12. The van der Waals surface area contributed by atoms with E-state index in [0.717, 1.165) is 51.4 Å². The maximum Gasteiger partial charge on any atom is 0.420 e. The molecular formula is C16H28O6. The summed E-state index contributed by atoms with van der Waals surface area (Å²) in [4.78, 5) is 41.7. The second-order valence-electron chi connectivity index (χ2n) is 5.72. The van der Waals surface area contributed by atoms with Crippen LogP contribution in [-0.4, -0.2) is 17.7 Å². The van der Waals surface area contributed by atoms with Gasteiger partial charge in [-0.05, 0) is 12.8 Å². The van der Waals surface area contributed by atoms with Crippen molar-refractivity contribution in [1.82, 2.24) is 0 Å². The van der Waals surface area contributed by atoms with Gasteiger partial charge in [0.05, 0.1) is 6.42 Å². The van der Waals surface area contributed by atoms with Crippen LogP contribution in [0.5, 0.6) is 0 Å². The maximum atomic E-state index is 11.8. The number of carbonyl (C=O) groups excluding carboxylic acids is 2. The van der Waals surface area contributed by atoms with Gasteiger partial charge in [0.25, 0.3) is 0 Å². The Balaban J connectivity index is 2.10. The molecule has 22 heavy (non-hydrogen) atoms. The van der Waals surface area contributed by atoms with Crippen molar-refractivity contribution in [2.45, 2.75) is 90.3 Å². The third kappa shape index (κ3) is 7.22. The van der Waals surface area contributed by atoms with Gasteiger partial charge in [-0.25, -0.2) is 19.4 Å². The Bertz CT molecular complexity index is 338. The fraction of sp³-hybridized carbons (Fsp3) is 0.875. The standard InChI is InChI=1S/C16H28O6/c1-3-5-7-9-10-12-14(17)19-20-15(18)16(21-22-16)13-11-8-6-4-2/h3-13H2,1-2H3. The van der Waals surface area contributed by atoms with Crippen LogP contribution in [0.4, 0.5) is 0 Å². The molecular weight excluding hydrogens is 288 g/mol. The van der Waals surface area contributed by atoms with E-state index in [1.165, 1.54) is 6.42 Å². The van der Waals surface area contributed by atoms with Crippen LogP contribution < -0.4 is 0 Å². The first-order valence-electron chi connectivity index (χ1n) is 8.43. The number of unbranched alkanes of at least 4 members (excludes halogenated alkanes) is 7. The van der Waals surface area contributed by atoms with Crippen molar-refractivity contribution < 1.29 is 29.1 Å². The maximum absolute atomic E-state index is 11.8. The Hall–Kier alpha value is -1.14. The molecule has 0 amide bonds. The van der Waals surface area contributed by atoms with E-state index >= 15 is 0 Å². The minimum Gasteiger partial charge on any atom is -0.247 e. The molecule has 0 saturated carbocycles. The molecule has 0 unspecified atom stereocenters. The zero-order valence-electron chi connectivity index (χ0n) is 13.7. The summed E-state index contributed by atoms with van der Waals surface area (Å²) in [6.45, 7) is 4.24. The molecule has 128 valence electrons. The van der Waals surface area contributed by atoms with Crippen molar-refractivity contribution in [2.24, 2.45) is 0 Å². The van der Waals surface area contributed by atoms with Gasteiger partial charge < -0.3 is 0 Å². The lowest BCUT2D eigenvalue weighted by molar-refractivity contribution is -0.264. The Kier molecular flexibility index (Phi) is 9.08. The van der Waals surface area contributed by atoms with Crippen LogP contribution in [0.15, 0.2) is 0 Å². The van der Waals surface area contributed by atoms with Crippen molar-refractivity contribution in [2.75, 3.05) is 0 Å². The molecule has 1 aliphatic heterocycles. The zero-order chi connectivity index (χ0) is 16.3. The quantitative estimate of drug-likeness (QED) is 0.234. The first-order chi connectivity index (χ1) is 10.6. The van der Waals surface area contributed by atoms with Gasteiger partial charge in [0, 0.05) is 6.42 Å². The summed E-state index contributed by atoms with van der Waals surface area (Å²) >= 11 is 0. The molecule has 0 aromatic carbocycles. The van der Waals surface area contributed by atoms with Gasteiger partial charge in [-0.15, -0.1) is 0 Å². The van der Waals surface area contributed by atoms with E-state index in [4.69, 9.17) is 9.78 Å². The van der Waals surface area contributed by atoms with Gasteiger partial charge in [0.15, 0.2) is 0 Å². The first-order valence-corrected chi connectivity index (χ1v) is 8.43. The van der Waals surface area contributed by atoms with Crippen molar-refractivity contribution in [3.63, 3.8) is 0 Å². The number of hydrogen-bond donors (Lipinski definition) is 0. The highest BCUT2D eigenvalue weighted by Gasteiger charge is 2.59. The predicted molar refractivity (Wildman–Crippen MR) is 79.2 cm³/mol. The molecule has 0 aliphatic carbocycles. The summed E-state index contributed by atoms with van der Waals surface area (Å²) in [6, 6.07) is 0. The average molecular weight is 316 g/mol. The smallest absolute Gasteiger partial charge is 0.247 e. The van der Waals surface area contributed by atoms with Crippen LogP contribution in [-0.2, 0) is 29.1 Å². The summed E-state index contributed by atoms with van der Waals surface area (Å²) in [5.74, 6) is -2.68. The largest absolute Gasteiger partial charge is 0.420 e. The van der Waals surface area contributed by atoms with E-state index in [0.29, 0.717) is 6.42 Å². The lowest BCUT2D eigenvalue weighted by Crippen LogP contribution is -2.27. The van der Waals surface area contributed by atoms with E-state index in [9.17, 15) is 9.59 Å². The van der Waals surface area contributed by atoms with Gasteiger partial charge in [-0.2, -0.15) is 9.78 Å². The van der Waals surface area contributed by atoms with Crippen LogP contribution >= 0.6 is 0 Å². The monoisotopic (exact) mass is 316 g/mol. The average Bonchev–Trinajstić information content (AvgIpc) is 3.30. The molecule has 0 N–H and O–H groups in total. The molecule has 0 spiro atoms. The summed E-state index contributed by atoms with van der Waals surface area (Å²) in [5, 5.41) is 0. The second-order valence-corrected chi connectivity index (χ2v) is 5.72. The zero-order valence-corrected chi connectivity index (χ0v) is 13.7. The van der Waals surface area contributed by atoms with Gasteiger partial charge in [-0.3, -0.25) is 0 Å². The van der Waals surface area contributed by atoms with Crippen molar-refractivity contribution in [1.29, 1.82) is 0 Å². The number of carbonyl (C=O) groups is 2. The van der Waals surface area contributed by atoms with Gasteiger partial charge >= 0.3 is 17.7 Å². The van der Waals surface area contributed by atoms with E-state index in [1.54, 1.807) is 0 Å². The van der Waals surface area contributed by atoms with Crippen LogP contribution in [0.1, 0.15) is 84.5 Å². The molecule has 1 fully saturated rings. The normalized spacial score (nSPS) is 15.4. The molecule has 1 rings (SSSR count). The van der Waals surface area contributed by atoms with Crippen molar-refractivity contribution >= 4 is 11.9 Å². The van der Waals surface area contributed by atoms with E-state index < -0.39 is 17.7 Å². The van der Waals surface area contributed by atoms with Crippen LogP contribution in [0.25, 0.3) is 0 Å². The fourth-order valence-electron chi connectivity index (χ4n) is 2.15. The molecule has 6 heteroatoms. The molecule has 1 saturated heterocycles. The summed E-state index contributed by atoms with van der Waals surface area (Å²) in [5.41, 5.74) is 0. The van der Waals surface area contributed by atoms with Crippen molar-refractivity contribution in [3.05, 3.63) is 0 Å². The summed E-state index contributed by atoms with van der Waals surface area (Å²) in [7, 11) is 0. The molecule has 0 aromatic heterocycles. The highest BCUT2D eigenvalue weighted by Crippen LogP contribution is 2.36. The molecule has 6 nitrogen and oxygen atoms in total. The molecule has 0 radical (unpaired) electrons. The van der Waals surface area contributed by atoms with Crippen LogP contribution in [0, 0.1) is 0 Å². The SMILES string of the molecule is CCCCCCCC(=O)OOC(=O)C1(CCCCCC)OO1. The summed E-state index contributed by atoms with van der Waals surface area (Å²) in [6.07, 6.45) is 9.81. The Morgan fingerprint density at radius 1 is 0.818 bits per heavy atom. The molecule has 0 bridgehead atoms. The lowest BCUT2D eigenvalue weighted by atomic mass is 10.1. The highest BCUT2D eigenvalue weighted by molar-refractivity contribution is 5.79. The Morgan fingerprint density at radius 3 is 2.00 bits per heavy atom. The number of hydrogen-bond acceptors (Lipinski definition) is 6. The molecule has 1 heterocycles. The van der Waals surface area contributed by atoms with Gasteiger partial charge in [0.2, 0.25) is 0 Å². The second kappa shape index (κ2) is 10.6. The Labute approximate surface area is 132 Å².